The molecular weight excluding hydrogens is 108 g/mol. The lowest BCUT2D eigenvalue weighted by atomic mass is 10.3. The minimum Gasteiger partial charge on any atom is -0.386 e. The van der Waals surface area contributed by atoms with Crippen LogP contribution in [0.4, 0.5) is 0 Å². The average molecular weight is 120 g/mol. The van der Waals surface area contributed by atoms with Crippen molar-refractivity contribution in [3.63, 3.8) is 0 Å². The van der Waals surface area contributed by atoms with E-state index in [9.17, 15) is 0 Å². The lowest BCUT2D eigenvalue weighted by Gasteiger charge is -1.98. The molecule has 1 N–H and O–H groups in total. The summed E-state index contributed by atoms with van der Waals surface area (Å²) in [6.45, 7) is 4.28. The fourth-order valence-electron chi connectivity index (χ4n) is 0.288. The van der Waals surface area contributed by atoms with Gasteiger partial charge in [0.1, 0.15) is 0 Å². The summed E-state index contributed by atoms with van der Waals surface area (Å²) in [7, 11) is 0. The zero-order valence-electron chi connectivity index (χ0n) is 4.85. The van der Waals surface area contributed by atoms with Gasteiger partial charge in [-0.05, 0) is 11.7 Å². The van der Waals surface area contributed by atoms with Gasteiger partial charge in [0.25, 0.3) is 0 Å². The highest BCUT2D eigenvalue weighted by Gasteiger charge is 1.89. The number of aliphatic hydroxyl groups is 1. The van der Waals surface area contributed by atoms with Crippen molar-refractivity contribution >= 4 is 11.8 Å². The zero-order valence-corrected chi connectivity index (χ0v) is 5.66. The minimum absolute atomic E-state index is 0.262. The van der Waals surface area contributed by atoms with E-state index < -0.39 is 0 Å². The van der Waals surface area contributed by atoms with Crippen LogP contribution in [0.25, 0.3) is 0 Å². The van der Waals surface area contributed by atoms with Crippen LogP contribution >= 0.6 is 11.8 Å². The van der Waals surface area contributed by atoms with Gasteiger partial charge in [-0.15, -0.1) is 11.8 Å². The standard InChI is InChI=1S/C5H12OS/c1-5(2)3-7-4-6/h5-6H,3-4H2,1-2H3. The minimum atomic E-state index is 0.262. The van der Waals surface area contributed by atoms with E-state index in [1.54, 1.807) is 11.8 Å². The highest BCUT2D eigenvalue weighted by Crippen LogP contribution is 2.03. The Labute approximate surface area is 49.1 Å². The van der Waals surface area contributed by atoms with Crippen LogP contribution in [-0.4, -0.2) is 16.8 Å². The third kappa shape index (κ3) is 6.31. The molecule has 0 aromatic carbocycles. The molecule has 0 heterocycles. The molecular formula is C5H12OS. The van der Waals surface area contributed by atoms with Crippen LogP contribution in [0.15, 0.2) is 0 Å². The zero-order chi connectivity index (χ0) is 5.70. The number of hydrogen-bond donors (Lipinski definition) is 1. The molecule has 0 aromatic rings. The van der Waals surface area contributed by atoms with Crippen molar-refractivity contribution in [3.8, 4) is 0 Å². The SMILES string of the molecule is CC(C)CSCO. The molecule has 0 spiro atoms. The summed E-state index contributed by atoms with van der Waals surface area (Å²) >= 11 is 1.57. The molecule has 0 aliphatic heterocycles. The molecule has 1 nitrogen and oxygen atoms in total. The normalized spacial score (nSPS) is 10.3. The molecule has 0 amide bonds. The van der Waals surface area contributed by atoms with Crippen molar-refractivity contribution in [3.05, 3.63) is 0 Å². The van der Waals surface area contributed by atoms with E-state index in [0.717, 1.165) is 5.75 Å². The molecule has 0 rings (SSSR count). The maximum atomic E-state index is 8.28. The second-order valence-electron chi connectivity index (χ2n) is 1.89. The molecule has 0 fully saturated rings. The van der Waals surface area contributed by atoms with Crippen molar-refractivity contribution in [2.75, 3.05) is 11.7 Å². The molecule has 0 saturated heterocycles. The largest absolute Gasteiger partial charge is 0.386 e. The summed E-state index contributed by atoms with van der Waals surface area (Å²) in [5.41, 5.74) is 0. The van der Waals surface area contributed by atoms with E-state index in [2.05, 4.69) is 13.8 Å². The Bertz CT molecular complexity index is 37.1. The van der Waals surface area contributed by atoms with Crippen LogP contribution in [0.3, 0.4) is 0 Å². The van der Waals surface area contributed by atoms with Crippen molar-refractivity contribution in [2.24, 2.45) is 5.92 Å². The van der Waals surface area contributed by atoms with E-state index in [1.165, 1.54) is 0 Å². The van der Waals surface area contributed by atoms with E-state index in [4.69, 9.17) is 5.11 Å². The summed E-state index contributed by atoms with van der Waals surface area (Å²) in [6.07, 6.45) is 0. The summed E-state index contributed by atoms with van der Waals surface area (Å²) in [6, 6.07) is 0. The first-order chi connectivity index (χ1) is 3.27. The van der Waals surface area contributed by atoms with Crippen LogP contribution in [-0.2, 0) is 0 Å². The van der Waals surface area contributed by atoms with Gasteiger partial charge in [0.15, 0.2) is 0 Å². The maximum absolute atomic E-state index is 8.28. The third-order valence-electron chi connectivity index (χ3n) is 0.542. The van der Waals surface area contributed by atoms with Gasteiger partial charge in [0.05, 0.1) is 5.94 Å². The van der Waals surface area contributed by atoms with E-state index >= 15 is 0 Å². The number of rotatable bonds is 3. The van der Waals surface area contributed by atoms with Crippen LogP contribution in [0.1, 0.15) is 13.8 Å². The summed E-state index contributed by atoms with van der Waals surface area (Å²) in [5, 5.41) is 8.28. The highest BCUT2D eigenvalue weighted by atomic mass is 32.2. The summed E-state index contributed by atoms with van der Waals surface area (Å²) in [5.74, 6) is 2.03. The van der Waals surface area contributed by atoms with Crippen molar-refractivity contribution in [1.29, 1.82) is 0 Å². The van der Waals surface area contributed by atoms with E-state index in [-0.39, 0.29) is 5.94 Å². The first kappa shape index (κ1) is 7.31. The molecule has 2 heteroatoms. The van der Waals surface area contributed by atoms with Gasteiger partial charge in [0.2, 0.25) is 0 Å². The van der Waals surface area contributed by atoms with E-state index in [1.807, 2.05) is 0 Å². The number of thioether (sulfide) groups is 1. The molecule has 0 unspecified atom stereocenters. The van der Waals surface area contributed by atoms with Gasteiger partial charge in [-0.2, -0.15) is 0 Å². The molecule has 0 atom stereocenters. The lowest BCUT2D eigenvalue weighted by Crippen LogP contribution is -1.90. The molecule has 0 aromatic heterocycles. The number of aliphatic hydroxyl groups excluding tert-OH is 1. The van der Waals surface area contributed by atoms with Gasteiger partial charge >= 0.3 is 0 Å². The Hall–Kier alpha value is 0.310. The molecule has 0 saturated carbocycles. The van der Waals surface area contributed by atoms with Gasteiger partial charge in [-0.1, -0.05) is 13.8 Å². The lowest BCUT2D eigenvalue weighted by molar-refractivity contribution is 0.375. The highest BCUT2D eigenvalue weighted by molar-refractivity contribution is 7.99. The Morgan fingerprint density at radius 3 is 2.29 bits per heavy atom. The topological polar surface area (TPSA) is 20.2 Å². The fourth-order valence-corrected chi connectivity index (χ4v) is 0.865. The van der Waals surface area contributed by atoms with Crippen molar-refractivity contribution in [2.45, 2.75) is 13.8 Å². The van der Waals surface area contributed by atoms with Crippen molar-refractivity contribution in [1.82, 2.24) is 0 Å². The quantitative estimate of drug-likeness (QED) is 0.567. The van der Waals surface area contributed by atoms with Crippen molar-refractivity contribution < 1.29 is 5.11 Å². The average Bonchev–Trinajstić information content (AvgIpc) is 1.61. The Kier molecular flexibility index (Phi) is 4.67. The fraction of sp³-hybridized carbons (Fsp3) is 1.00. The molecule has 44 valence electrons. The number of hydrogen-bond acceptors (Lipinski definition) is 2. The Morgan fingerprint density at radius 1 is 1.57 bits per heavy atom. The maximum Gasteiger partial charge on any atom is 0.0886 e. The monoisotopic (exact) mass is 120 g/mol. The first-order valence-electron chi connectivity index (χ1n) is 2.46. The molecule has 7 heavy (non-hydrogen) atoms. The predicted molar refractivity (Wildman–Crippen MR) is 34.4 cm³/mol. The first-order valence-corrected chi connectivity index (χ1v) is 3.61. The molecule has 0 bridgehead atoms. The van der Waals surface area contributed by atoms with Gasteiger partial charge in [0, 0.05) is 0 Å². The Morgan fingerprint density at radius 2 is 2.14 bits per heavy atom. The van der Waals surface area contributed by atoms with Gasteiger partial charge < -0.3 is 5.11 Å². The second kappa shape index (κ2) is 4.47. The predicted octanol–water partition coefficient (Wildman–Crippen LogP) is 1.33. The molecule has 0 aliphatic rings. The van der Waals surface area contributed by atoms with E-state index in [0.29, 0.717) is 5.92 Å². The second-order valence-corrected chi connectivity index (χ2v) is 2.89. The van der Waals surface area contributed by atoms with Gasteiger partial charge in [-0.3, -0.25) is 0 Å². The molecule has 0 radical (unpaired) electrons. The third-order valence-corrected chi connectivity index (χ3v) is 1.63. The summed E-state index contributed by atoms with van der Waals surface area (Å²) in [4.78, 5) is 0. The smallest absolute Gasteiger partial charge is 0.0886 e. The van der Waals surface area contributed by atoms with Crippen LogP contribution in [0.5, 0.6) is 0 Å². The van der Waals surface area contributed by atoms with Crippen LogP contribution < -0.4 is 0 Å². The van der Waals surface area contributed by atoms with Gasteiger partial charge in [-0.25, -0.2) is 0 Å². The molecule has 0 aliphatic carbocycles. The Balaban J connectivity index is 2.68. The van der Waals surface area contributed by atoms with Crippen LogP contribution in [0.2, 0.25) is 0 Å². The van der Waals surface area contributed by atoms with Crippen LogP contribution in [0, 0.1) is 5.92 Å². The summed E-state index contributed by atoms with van der Waals surface area (Å²) < 4.78 is 0.